The normalized spacial score (nSPS) is 12.2. The van der Waals surface area contributed by atoms with Crippen LogP contribution < -0.4 is 5.32 Å². The van der Waals surface area contributed by atoms with Gasteiger partial charge in [0.1, 0.15) is 23.0 Å². The van der Waals surface area contributed by atoms with Gasteiger partial charge in [0.25, 0.3) is 5.69 Å². The Kier molecular flexibility index (Phi) is 3.94. The molecule has 1 aromatic heterocycles. The molecule has 0 aliphatic rings. The van der Waals surface area contributed by atoms with E-state index in [0.29, 0.717) is 5.76 Å². The summed E-state index contributed by atoms with van der Waals surface area (Å²) in [6, 6.07) is 5.18. The first kappa shape index (κ1) is 14.3. The molecule has 1 heterocycles. The molecule has 0 aliphatic heterocycles. The molecule has 5 nitrogen and oxygen atoms in total. The van der Waals surface area contributed by atoms with Crippen LogP contribution in [0.4, 0.5) is 15.8 Å². The monoisotopic (exact) mass is 298 g/mol. The van der Waals surface area contributed by atoms with Gasteiger partial charge < -0.3 is 9.73 Å². The standard InChI is InChI=1S/C13H12ClFN2O3/c1-7-3-4-13(20-7)8(2)16-11-6-10(15)9(14)5-12(11)17(18)19/h3-6,8,16H,1-2H3. The Labute approximate surface area is 119 Å². The summed E-state index contributed by atoms with van der Waals surface area (Å²) in [5.74, 6) is 0.611. The molecule has 0 saturated heterocycles. The lowest BCUT2D eigenvalue weighted by Crippen LogP contribution is -2.08. The largest absolute Gasteiger partial charge is 0.464 e. The Morgan fingerprint density at radius 2 is 2.15 bits per heavy atom. The van der Waals surface area contributed by atoms with Crippen molar-refractivity contribution in [2.45, 2.75) is 19.9 Å². The highest BCUT2D eigenvalue weighted by atomic mass is 35.5. The zero-order valence-electron chi connectivity index (χ0n) is 10.8. The summed E-state index contributed by atoms with van der Waals surface area (Å²) in [5.41, 5.74) is -0.231. The lowest BCUT2D eigenvalue weighted by atomic mass is 10.2. The molecule has 1 aromatic carbocycles. The molecule has 2 rings (SSSR count). The van der Waals surface area contributed by atoms with E-state index in [4.69, 9.17) is 16.0 Å². The molecule has 0 bridgehead atoms. The third-order valence-corrected chi connectivity index (χ3v) is 3.08. The number of rotatable bonds is 4. The van der Waals surface area contributed by atoms with Crippen LogP contribution in [0.3, 0.4) is 0 Å². The molecular weight excluding hydrogens is 287 g/mol. The topological polar surface area (TPSA) is 68.3 Å². The molecule has 20 heavy (non-hydrogen) atoms. The van der Waals surface area contributed by atoms with Crippen molar-refractivity contribution in [3.8, 4) is 0 Å². The van der Waals surface area contributed by atoms with Gasteiger partial charge in [-0.25, -0.2) is 4.39 Å². The summed E-state index contributed by atoms with van der Waals surface area (Å²) in [4.78, 5) is 10.4. The number of halogens is 2. The Morgan fingerprint density at radius 3 is 2.70 bits per heavy atom. The molecule has 1 atom stereocenters. The van der Waals surface area contributed by atoms with Crippen molar-refractivity contribution in [1.82, 2.24) is 0 Å². The molecule has 0 fully saturated rings. The predicted octanol–water partition coefficient (Wildman–Crippen LogP) is 4.46. The molecule has 106 valence electrons. The van der Waals surface area contributed by atoms with Gasteiger partial charge in [0.2, 0.25) is 0 Å². The molecule has 0 amide bonds. The van der Waals surface area contributed by atoms with Crippen molar-refractivity contribution in [2.24, 2.45) is 0 Å². The average molecular weight is 299 g/mol. The van der Waals surface area contributed by atoms with Crippen LogP contribution in [0, 0.1) is 22.9 Å². The van der Waals surface area contributed by atoms with Gasteiger partial charge in [0, 0.05) is 12.1 Å². The first-order valence-electron chi connectivity index (χ1n) is 5.85. The summed E-state index contributed by atoms with van der Waals surface area (Å²) in [7, 11) is 0. The average Bonchev–Trinajstić information content (AvgIpc) is 2.80. The van der Waals surface area contributed by atoms with E-state index in [2.05, 4.69) is 5.32 Å². The van der Waals surface area contributed by atoms with E-state index in [0.717, 1.165) is 17.9 Å². The van der Waals surface area contributed by atoms with Gasteiger partial charge in [-0.2, -0.15) is 0 Å². The van der Waals surface area contributed by atoms with Crippen molar-refractivity contribution >= 4 is 23.0 Å². The molecule has 0 spiro atoms. The number of hydrogen-bond donors (Lipinski definition) is 1. The minimum Gasteiger partial charge on any atom is -0.464 e. The fourth-order valence-corrected chi connectivity index (χ4v) is 1.95. The molecule has 2 aromatic rings. The second-order valence-corrected chi connectivity index (χ2v) is 4.76. The summed E-state index contributed by atoms with van der Waals surface area (Å²) >= 11 is 5.56. The zero-order chi connectivity index (χ0) is 14.9. The predicted molar refractivity (Wildman–Crippen MR) is 73.5 cm³/mol. The fraction of sp³-hybridized carbons (Fsp3) is 0.231. The Morgan fingerprint density at radius 1 is 1.45 bits per heavy atom. The van der Waals surface area contributed by atoms with E-state index in [1.807, 2.05) is 0 Å². The van der Waals surface area contributed by atoms with Gasteiger partial charge >= 0.3 is 0 Å². The minimum absolute atomic E-state index is 0.0541. The first-order valence-corrected chi connectivity index (χ1v) is 6.22. The van der Waals surface area contributed by atoms with E-state index in [9.17, 15) is 14.5 Å². The second-order valence-electron chi connectivity index (χ2n) is 4.36. The number of nitro groups is 1. The third kappa shape index (κ3) is 2.91. The maximum absolute atomic E-state index is 13.5. The number of hydrogen-bond acceptors (Lipinski definition) is 4. The number of benzene rings is 1. The number of anilines is 1. The SMILES string of the molecule is Cc1ccc(C(C)Nc2cc(F)c(Cl)cc2[N+](=O)[O-])o1. The van der Waals surface area contributed by atoms with Crippen molar-refractivity contribution in [3.05, 3.63) is 56.7 Å². The molecule has 7 heteroatoms. The Bertz CT molecular complexity index is 657. The molecule has 0 radical (unpaired) electrons. The molecule has 0 aliphatic carbocycles. The van der Waals surface area contributed by atoms with Crippen molar-refractivity contribution < 1.29 is 13.7 Å². The van der Waals surface area contributed by atoms with Crippen molar-refractivity contribution in [3.63, 3.8) is 0 Å². The van der Waals surface area contributed by atoms with E-state index in [1.54, 1.807) is 26.0 Å². The number of nitro benzene ring substituents is 1. The second kappa shape index (κ2) is 5.50. The van der Waals surface area contributed by atoms with Crippen molar-refractivity contribution in [1.29, 1.82) is 0 Å². The van der Waals surface area contributed by atoms with Crippen molar-refractivity contribution in [2.75, 3.05) is 5.32 Å². The zero-order valence-corrected chi connectivity index (χ0v) is 11.6. The van der Waals surface area contributed by atoms with Crippen LogP contribution in [-0.2, 0) is 0 Å². The molecule has 1 N–H and O–H groups in total. The van der Waals surface area contributed by atoms with E-state index < -0.39 is 10.7 Å². The lowest BCUT2D eigenvalue weighted by Gasteiger charge is -2.13. The van der Waals surface area contributed by atoms with Gasteiger partial charge in [-0.1, -0.05) is 11.6 Å². The van der Waals surface area contributed by atoms with Crippen LogP contribution in [-0.4, -0.2) is 4.92 Å². The number of furan rings is 1. The number of aryl methyl sites for hydroxylation is 1. The van der Waals surface area contributed by atoms with Gasteiger partial charge in [0.05, 0.1) is 16.0 Å². The smallest absolute Gasteiger partial charge is 0.294 e. The number of nitrogens with one attached hydrogen (secondary N) is 1. The Balaban J connectivity index is 2.33. The van der Waals surface area contributed by atoms with E-state index in [1.165, 1.54) is 0 Å². The van der Waals surface area contributed by atoms with Gasteiger partial charge in [-0.15, -0.1) is 0 Å². The highest BCUT2D eigenvalue weighted by Gasteiger charge is 2.20. The van der Waals surface area contributed by atoms with Gasteiger partial charge in [-0.3, -0.25) is 10.1 Å². The molecular formula is C13H12ClFN2O3. The van der Waals surface area contributed by atoms with E-state index in [-0.39, 0.29) is 22.4 Å². The number of nitrogens with zero attached hydrogens (tertiary/aromatic N) is 1. The highest BCUT2D eigenvalue weighted by molar-refractivity contribution is 6.31. The third-order valence-electron chi connectivity index (χ3n) is 2.80. The van der Waals surface area contributed by atoms with Crippen LogP contribution in [0.2, 0.25) is 5.02 Å². The van der Waals surface area contributed by atoms with Crippen LogP contribution in [0.25, 0.3) is 0 Å². The van der Waals surface area contributed by atoms with E-state index >= 15 is 0 Å². The van der Waals surface area contributed by atoms with Gasteiger partial charge in [-0.05, 0) is 26.0 Å². The van der Waals surface area contributed by atoms with Crippen LogP contribution in [0.15, 0.2) is 28.7 Å². The maximum atomic E-state index is 13.5. The Hall–Kier alpha value is -2.08. The maximum Gasteiger partial charge on any atom is 0.294 e. The van der Waals surface area contributed by atoms with Crippen LogP contribution >= 0.6 is 11.6 Å². The van der Waals surface area contributed by atoms with Crippen LogP contribution in [0.5, 0.6) is 0 Å². The van der Waals surface area contributed by atoms with Crippen LogP contribution in [0.1, 0.15) is 24.5 Å². The molecule has 1 unspecified atom stereocenters. The first-order chi connectivity index (χ1) is 9.38. The molecule has 0 saturated carbocycles. The summed E-state index contributed by atoms with van der Waals surface area (Å²) in [6.45, 7) is 3.55. The summed E-state index contributed by atoms with van der Waals surface area (Å²) in [5, 5.41) is 13.5. The quantitative estimate of drug-likeness (QED) is 0.668. The lowest BCUT2D eigenvalue weighted by molar-refractivity contribution is -0.384. The van der Waals surface area contributed by atoms with Gasteiger partial charge in [0.15, 0.2) is 0 Å². The minimum atomic E-state index is -0.720. The summed E-state index contributed by atoms with van der Waals surface area (Å²) in [6.07, 6.45) is 0. The summed E-state index contributed by atoms with van der Waals surface area (Å²) < 4.78 is 18.9. The fourth-order valence-electron chi connectivity index (χ4n) is 1.79. The highest BCUT2D eigenvalue weighted by Crippen LogP contribution is 2.33.